The Morgan fingerprint density at radius 3 is 2.04 bits per heavy atom. The number of hydrogen-bond acceptors (Lipinski definition) is 7. The van der Waals surface area contributed by atoms with Crippen LogP contribution in [0.15, 0.2) is 30.3 Å². The van der Waals surface area contributed by atoms with E-state index >= 15 is 0 Å². The summed E-state index contributed by atoms with van der Waals surface area (Å²) in [5, 5.41) is 8.68. The molecule has 0 saturated carbocycles. The zero-order chi connectivity index (χ0) is 18.4. The summed E-state index contributed by atoms with van der Waals surface area (Å²) >= 11 is 0. The quantitative estimate of drug-likeness (QED) is 0.407. The molecule has 128 valence electrons. The lowest BCUT2D eigenvalue weighted by Gasteiger charge is -2.06. The molecule has 2 aromatic carbocycles. The number of carbonyl (C=O) groups is 2. The van der Waals surface area contributed by atoms with Crippen molar-refractivity contribution < 1.29 is 19.4 Å². The van der Waals surface area contributed by atoms with Crippen LogP contribution in [0.25, 0.3) is 0 Å². The van der Waals surface area contributed by atoms with Gasteiger partial charge in [-0.1, -0.05) is 0 Å². The number of carbonyl (C=O) groups excluding carboxylic acids is 1. The Kier molecular flexibility index (Phi) is 6.00. The second-order valence-electron chi connectivity index (χ2n) is 4.88. The normalized spacial score (nSPS) is 9.58. The van der Waals surface area contributed by atoms with Crippen LogP contribution in [0.5, 0.6) is 0 Å². The number of esters is 1. The molecule has 0 bridgehead atoms. The lowest BCUT2D eigenvalue weighted by Crippen LogP contribution is -2.05. The van der Waals surface area contributed by atoms with E-state index in [-0.39, 0.29) is 5.56 Å². The van der Waals surface area contributed by atoms with Crippen molar-refractivity contribution in [2.75, 3.05) is 30.0 Å². The highest BCUT2D eigenvalue weighted by molar-refractivity contribution is 5.93. The van der Waals surface area contributed by atoms with Crippen LogP contribution in [-0.4, -0.2) is 24.2 Å². The predicted molar refractivity (Wildman–Crippen MR) is 93.6 cm³/mol. The summed E-state index contributed by atoms with van der Waals surface area (Å²) in [5.41, 5.74) is 24.7. The maximum Gasteiger partial charge on any atom is 0.337 e. The summed E-state index contributed by atoms with van der Waals surface area (Å²) in [6.45, 7) is 1.63. The van der Waals surface area contributed by atoms with Crippen LogP contribution in [0.3, 0.4) is 0 Å². The van der Waals surface area contributed by atoms with Gasteiger partial charge in [0.25, 0.3) is 0 Å². The molecule has 0 heterocycles. The molecule has 8 nitrogen and oxygen atoms in total. The van der Waals surface area contributed by atoms with Gasteiger partial charge in [0.15, 0.2) is 0 Å². The van der Waals surface area contributed by atoms with E-state index in [1.165, 1.54) is 25.3 Å². The van der Waals surface area contributed by atoms with Crippen molar-refractivity contribution in [3.05, 3.63) is 47.0 Å². The minimum Gasteiger partial charge on any atom is -0.478 e. The van der Waals surface area contributed by atoms with Crippen LogP contribution in [0.1, 0.15) is 26.3 Å². The molecule has 0 amide bonds. The molecule has 0 unspecified atom stereocenters. The van der Waals surface area contributed by atoms with Gasteiger partial charge in [-0.05, 0) is 42.8 Å². The molecule has 2 aromatic rings. The molecule has 0 spiro atoms. The van der Waals surface area contributed by atoms with E-state index in [1.54, 1.807) is 19.1 Å². The van der Waals surface area contributed by atoms with Gasteiger partial charge in [-0.25, -0.2) is 9.59 Å². The second kappa shape index (κ2) is 7.73. The highest BCUT2D eigenvalue weighted by Gasteiger charge is 2.10. The number of carboxylic acid groups (broad SMARTS) is 1. The van der Waals surface area contributed by atoms with Crippen LogP contribution in [0.4, 0.5) is 22.7 Å². The monoisotopic (exact) mass is 332 g/mol. The van der Waals surface area contributed by atoms with Gasteiger partial charge in [0.1, 0.15) is 0 Å². The first-order chi connectivity index (χ1) is 11.2. The minimum absolute atomic E-state index is 0.196. The third kappa shape index (κ3) is 4.29. The molecule has 0 fully saturated rings. The van der Waals surface area contributed by atoms with Crippen molar-refractivity contribution >= 4 is 34.7 Å². The van der Waals surface area contributed by atoms with E-state index in [0.29, 0.717) is 33.9 Å². The third-order valence-electron chi connectivity index (χ3n) is 3.29. The molecule has 9 N–H and O–H groups in total. The Balaban J connectivity index is 0.000000240. The number of nitrogens with two attached hydrogens (primary N) is 4. The van der Waals surface area contributed by atoms with E-state index < -0.39 is 11.9 Å². The van der Waals surface area contributed by atoms with Crippen molar-refractivity contribution in [2.45, 2.75) is 6.92 Å². The average molecular weight is 332 g/mol. The molecule has 8 heteroatoms. The third-order valence-corrected chi connectivity index (χ3v) is 3.29. The Hall–Kier alpha value is -3.42. The van der Waals surface area contributed by atoms with Crippen molar-refractivity contribution in [1.82, 2.24) is 0 Å². The fourth-order valence-corrected chi connectivity index (χ4v) is 1.80. The molecule has 0 atom stereocenters. The molecule has 0 aliphatic heterocycles. The number of methoxy groups -OCH3 is 1. The Morgan fingerprint density at radius 1 is 0.958 bits per heavy atom. The number of benzene rings is 2. The largest absolute Gasteiger partial charge is 0.478 e. The van der Waals surface area contributed by atoms with Gasteiger partial charge in [-0.15, -0.1) is 0 Å². The fourth-order valence-electron chi connectivity index (χ4n) is 1.80. The van der Waals surface area contributed by atoms with Gasteiger partial charge < -0.3 is 32.8 Å². The van der Waals surface area contributed by atoms with Crippen LogP contribution in [-0.2, 0) is 4.74 Å². The summed E-state index contributed by atoms with van der Waals surface area (Å²) < 4.78 is 4.50. The van der Waals surface area contributed by atoms with Gasteiger partial charge in [-0.3, -0.25) is 0 Å². The zero-order valence-electron chi connectivity index (χ0n) is 13.4. The molecule has 0 aliphatic carbocycles. The van der Waals surface area contributed by atoms with Crippen LogP contribution in [0.2, 0.25) is 0 Å². The smallest absolute Gasteiger partial charge is 0.337 e. The average Bonchev–Trinajstić information content (AvgIpc) is 2.54. The van der Waals surface area contributed by atoms with Gasteiger partial charge in [0, 0.05) is 0 Å². The maximum atomic E-state index is 11.0. The van der Waals surface area contributed by atoms with E-state index in [4.69, 9.17) is 28.0 Å². The SMILES string of the molecule is COC(=O)c1ccc(N)c(N)c1.Cc1c(C(=O)O)ccc(N)c1N. The molecular weight excluding hydrogens is 312 g/mol. The Bertz CT molecular complexity index is 775. The number of aromatic carboxylic acids is 1. The summed E-state index contributed by atoms with van der Waals surface area (Å²) in [5.74, 6) is -1.40. The first-order valence-corrected chi connectivity index (χ1v) is 6.80. The first-order valence-electron chi connectivity index (χ1n) is 6.80. The Morgan fingerprint density at radius 2 is 1.54 bits per heavy atom. The van der Waals surface area contributed by atoms with Gasteiger partial charge >= 0.3 is 11.9 Å². The fraction of sp³-hybridized carbons (Fsp3) is 0.125. The van der Waals surface area contributed by atoms with Crippen molar-refractivity contribution in [1.29, 1.82) is 0 Å². The van der Waals surface area contributed by atoms with Gasteiger partial charge in [-0.2, -0.15) is 0 Å². The predicted octanol–water partition coefficient (Wildman–Crippen LogP) is 1.50. The highest BCUT2D eigenvalue weighted by atomic mass is 16.5. The topological polar surface area (TPSA) is 168 Å². The van der Waals surface area contributed by atoms with Crippen LogP contribution in [0, 0.1) is 6.92 Å². The van der Waals surface area contributed by atoms with Crippen molar-refractivity contribution in [3.8, 4) is 0 Å². The lowest BCUT2D eigenvalue weighted by molar-refractivity contribution is 0.0600. The van der Waals surface area contributed by atoms with Crippen molar-refractivity contribution in [3.63, 3.8) is 0 Å². The number of rotatable bonds is 2. The Labute approximate surface area is 139 Å². The summed E-state index contributed by atoms with van der Waals surface area (Å²) in [4.78, 5) is 21.5. The second-order valence-corrected chi connectivity index (χ2v) is 4.88. The summed E-state index contributed by atoms with van der Waals surface area (Å²) in [6.07, 6.45) is 0. The van der Waals surface area contributed by atoms with Crippen molar-refractivity contribution in [2.24, 2.45) is 0 Å². The minimum atomic E-state index is -0.987. The molecule has 0 radical (unpaired) electrons. The van der Waals surface area contributed by atoms with E-state index in [0.717, 1.165) is 0 Å². The molecule has 0 aliphatic rings. The molecule has 0 aromatic heterocycles. The lowest BCUT2D eigenvalue weighted by atomic mass is 10.1. The van der Waals surface area contributed by atoms with Gasteiger partial charge in [0.2, 0.25) is 0 Å². The maximum absolute atomic E-state index is 11.0. The van der Waals surface area contributed by atoms with E-state index in [2.05, 4.69) is 4.74 Å². The highest BCUT2D eigenvalue weighted by Crippen LogP contribution is 2.22. The first kappa shape index (κ1) is 18.6. The standard InChI is InChI=1S/2C8H10N2O2/c1-12-8(11)5-2-3-6(9)7(10)4-5;1-4-5(8(11)12)2-3-6(9)7(4)10/h2-4H,9-10H2,1H3;2-3H,9-10H2,1H3,(H,11,12). The summed E-state index contributed by atoms with van der Waals surface area (Å²) in [6, 6.07) is 7.56. The zero-order valence-corrected chi connectivity index (χ0v) is 13.4. The van der Waals surface area contributed by atoms with Crippen LogP contribution >= 0.6 is 0 Å². The van der Waals surface area contributed by atoms with Gasteiger partial charge in [0.05, 0.1) is 41.0 Å². The van der Waals surface area contributed by atoms with Crippen LogP contribution < -0.4 is 22.9 Å². The number of hydrogen-bond donors (Lipinski definition) is 5. The molecular formula is C16H20N4O4. The van der Waals surface area contributed by atoms with E-state index in [1.807, 2.05) is 0 Å². The molecule has 0 saturated heterocycles. The van der Waals surface area contributed by atoms with E-state index in [9.17, 15) is 9.59 Å². The number of nitrogen functional groups attached to an aromatic ring is 4. The number of carboxylic acids is 1. The number of ether oxygens (including phenoxy) is 1. The molecule has 2 rings (SSSR count). The summed E-state index contributed by atoms with van der Waals surface area (Å²) in [7, 11) is 1.31. The molecule has 24 heavy (non-hydrogen) atoms. The number of anilines is 4.